The maximum Gasteiger partial charge on any atom is 0.416 e. The first-order valence-corrected chi connectivity index (χ1v) is 35.4. The number of fused-ring (bicyclic) bond motifs is 2. The molecular weight excluding hydrogens is 1350 g/mol. The molecule has 0 saturated carbocycles. The van der Waals surface area contributed by atoms with Crippen molar-refractivity contribution in [3.05, 3.63) is 189 Å². The quantitative estimate of drug-likeness (QED) is 0.0313. The number of alkyl halides is 6. The van der Waals surface area contributed by atoms with Gasteiger partial charge in [-0.2, -0.15) is 26.3 Å². The lowest BCUT2D eigenvalue weighted by Gasteiger charge is -2.46. The van der Waals surface area contributed by atoms with Crippen molar-refractivity contribution >= 4 is 64.5 Å². The maximum atomic E-state index is 14.0. The van der Waals surface area contributed by atoms with Crippen molar-refractivity contribution in [2.75, 3.05) is 116 Å². The number of benzene rings is 6. The molecule has 0 radical (unpaired) electrons. The van der Waals surface area contributed by atoms with E-state index in [9.17, 15) is 55.4 Å². The van der Waals surface area contributed by atoms with Crippen LogP contribution >= 0.6 is 23.2 Å². The van der Waals surface area contributed by atoms with Crippen LogP contribution in [0.15, 0.2) is 140 Å². The lowest BCUT2D eigenvalue weighted by molar-refractivity contribution is -0.143. The Morgan fingerprint density at radius 1 is 0.693 bits per heavy atom. The number of rotatable bonds is 28. The third-order valence-corrected chi connectivity index (χ3v) is 20.9. The van der Waals surface area contributed by atoms with Gasteiger partial charge in [0.05, 0.1) is 52.7 Å². The topological polar surface area (TPSA) is 177 Å². The van der Waals surface area contributed by atoms with Crippen molar-refractivity contribution in [3.63, 3.8) is 0 Å². The first-order chi connectivity index (χ1) is 48.4. The van der Waals surface area contributed by atoms with Crippen LogP contribution in [0.2, 0.25) is 10.0 Å². The molecule has 6 aromatic rings. The summed E-state index contributed by atoms with van der Waals surface area (Å²) in [4.78, 5) is 76.7. The summed E-state index contributed by atoms with van der Waals surface area (Å²) in [5, 5.41) is 17.0. The Bertz CT molecular complexity index is 3770. The predicted octanol–water partition coefficient (Wildman–Crippen LogP) is 14.7. The van der Waals surface area contributed by atoms with Gasteiger partial charge in [0.25, 0.3) is 5.91 Å². The van der Waals surface area contributed by atoms with Crippen LogP contribution in [0.25, 0.3) is 11.1 Å². The summed E-state index contributed by atoms with van der Waals surface area (Å²) in [6.07, 6.45) is -4.22. The summed E-state index contributed by atoms with van der Waals surface area (Å²) in [6.45, 7) is 6.06. The molecule has 2 atom stereocenters. The van der Waals surface area contributed by atoms with Crippen LogP contribution in [-0.4, -0.2) is 178 Å². The molecule has 3 N–H and O–H groups in total. The van der Waals surface area contributed by atoms with Gasteiger partial charge in [-0.3, -0.25) is 24.6 Å². The van der Waals surface area contributed by atoms with Gasteiger partial charge in [0.2, 0.25) is 11.8 Å². The standard InChI is InChI=1S/C76H88Cl2F6N8O9/c1-87(34-13-14-43-99-71(96)86-60-25-22-53(23-26-60)50-85-33-12-4-7-21-68(93)88(2)40-41-89-35-28-61(29-36-89)92(72(97)98)66-20-11-9-18-62(66)54-15-5-3-6-16-54)69(94)51-100-67-47-55-17-8-10-19-63(55)73(67)30-37-90(38-31-73)39-32-74(57-24-27-64(77)65(78)49-57)52-91(42-44-101-74)70(95)56-45-58(75(79,80)81)48-59(46-56)76(82,83)84/h3,5-6,8-11,15-20,22-27,45-46,48-49,61,67,85H,4,7,12-14,21,28-44,47,50-52H2,1-2H3,(H,86,96)(H,97,98)/t67-,74-/m0/s1. The van der Waals surface area contributed by atoms with E-state index in [2.05, 4.69) is 32.6 Å². The molecule has 25 heteroatoms. The summed E-state index contributed by atoms with van der Waals surface area (Å²) < 4.78 is 102. The summed E-state index contributed by atoms with van der Waals surface area (Å²) in [6, 6.07) is 38.8. The van der Waals surface area contributed by atoms with Gasteiger partial charge in [0.1, 0.15) is 12.2 Å². The number of morpholine rings is 1. The Morgan fingerprint density at radius 3 is 2.07 bits per heavy atom. The zero-order valence-corrected chi connectivity index (χ0v) is 58.5. The molecule has 101 heavy (non-hydrogen) atoms. The van der Waals surface area contributed by atoms with Crippen molar-refractivity contribution in [3.8, 4) is 11.1 Å². The fraction of sp³-hybridized carbons (Fsp3) is 0.461. The third-order valence-electron chi connectivity index (χ3n) is 20.2. The fourth-order valence-corrected chi connectivity index (χ4v) is 14.7. The first kappa shape index (κ1) is 75.9. The molecule has 4 aliphatic rings. The molecule has 0 bridgehead atoms. The van der Waals surface area contributed by atoms with E-state index in [4.69, 9.17) is 37.4 Å². The van der Waals surface area contributed by atoms with Crippen LogP contribution in [0, 0.1) is 0 Å². The molecule has 6 aromatic carbocycles. The second-order valence-corrected chi connectivity index (χ2v) is 27.6. The number of ether oxygens (including phenoxy) is 3. The zero-order chi connectivity index (χ0) is 71.9. The average Bonchev–Trinajstić information content (AvgIpc) is 1.62. The molecule has 3 saturated heterocycles. The largest absolute Gasteiger partial charge is 0.465 e. The van der Waals surface area contributed by atoms with Gasteiger partial charge >= 0.3 is 24.5 Å². The van der Waals surface area contributed by atoms with E-state index in [0.717, 1.165) is 67.7 Å². The lowest BCUT2D eigenvalue weighted by Crippen LogP contribution is -2.54. The van der Waals surface area contributed by atoms with Crippen LogP contribution in [0.3, 0.4) is 0 Å². The zero-order valence-electron chi connectivity index (χ0n) is 56.9. The molecule has 0 aromatic heterocycles. The SMILES string of the molecule is CN(CCN1CCC(N(C(=O)O)c2ccccc2-c2ccccc2)CC1)C(=O)CCCCCNCc1ccc(NC(=O)OCCCCN(C)C(=O)CO[C@H]2Cc3ccccc3C23CCN(CC[C@@]2(c4ccc(Cl)c(Cl)c4)CN(C(=O)c4cc(C(F)(F)F)cc(C(F)(F)F)c4)CCO2)CC3)cc1. The van der Waals surface area contributed by atoms with Crippen LogP contribution in [0.5, 0.6) is 0 Å². The van der Waals surface area contributed by atoms with Crippen molar-refractivity contribution in [2.24, 2.45) is 0 Å². The number of unbranched alkanes of at least 4 members (excludes halogenated alkanes) is 3. The van der Waals surface area contributed by atoms with Crippen LogP contribution in [-0.2, 0) is 60.1 Å². The highest BCUT2D eigenvalue weighted by Crippen LogP contribution is 2.49. The Morgan fingerprint density at radius 2 is 1.37 bits per heavy atom. The monoisotopic (exact) mass is 1440 g/mol. The van der Waals surface area contributed by atoms with Gasteiger partial charge in [0, 0.05) is 101 Å². The summed E-state index contributed by atoms with van der Waals surface area (Å²) >= 11 is 12.8. The number of piperidine rings is 2. The predicted molar refractivity (Wildman–Crippen MR) is 376 cm³/mol. The number of carbonyl (C=O) groups excluding carboxylic acids is 4. The molecule has 1 aliphatic carbocycles. The van der Waals surface area contributed by atoms with E-state index < -0.39 is 58.2 Å². The Hall–Kier alpha value is -7.77. The molecule has 17 nitrogen and oxygen atoms in total. The Labute approximate surface area is 595 Å². The van der Waals surface area contributed by atoms with E-state index in [1.165, 1.54) is 15.4 Å². The maximum absolute atomic E-state index is 14.0. The molecule has 5 amide bonds. The number of likely N-dealkylation sites (tertiary alicyclic amines) is 2. The summed E-state index contributed by atoms with van der Waals surface area (Å²) in [5.74, 6) is -1.07. The lowest BCUT2D eigenvalue weighted by atomic mass is 9.72. The van der Waals surface area contributed by atoms with Crippen LogP contribution < -0.4 is 15.5 Å². The fourth-order valence-electron chi connectivity index (χ4n) is 14.4. The van der Waals surface area contributed by atoms with Crippen molar-refractivity contribution in [2.45, 2.75) is 119 Å². The molecule has 1 spiro atoms. The van der Waals surface area contributed by atoms with Gasteiger partial charge in [-0.1, -0.05) is 121 Å². The normalized spacial score (nSPS) is 18.1. The number of halogens is 8. The smallest absolute Gasteiger partial charge is 0.416 e. The van der Waals surface area contributed by atoms with Gasteiger partial charge in [0.15, 0.2) is 0 Å². The number of likely N-dealkylation sites (N-methyl/N-ethyl adjacent to an activating group) is 2. The first-order valence-electron chi connectivity index (χ1n) is 34.6. The minimum absolute atomic E-state index is 0.00664. The molecule has 3 heterocycles. The summed E-state index contributed by atoms with van der Waals surface area (Å²) in [5.41, 5.74) is 1.47. The molecule has 10 rings (SSSR count). The molecule has 542 valence electrons. The number of hydrogen-bond donors (Lipinski definition) is 3. The van der Waals surface area contributed by atoms with E-state index >= 15 is 0 Å². The van der Waals surface area contributed by atoms with Gasteiger partial charge in [-0.15, -0.1) is 0 Å². The number of amides is 5. The van der Waals surface area contributed by atoms with Gasteiger partial charge in [-0.25, -0.2) is 9.59 Å². The number of carbonyl (C=O) groups is 5. The molecule has 3 aliphatic heterocycles. The highest BCUT2D eigenvalue weighted by Gasteiger charge is 2.50. The highest BCUT2D eigenvalue weighted by atomic mass is 35.5. The van der Waals surface area contributed by atoms with Crippen LogP contribution in [0.4, 0.5) is 47.3 Å². The number of nitrogens with one attached hydrogen (secondary N) is 2. The average molecular weight is 1440 g/mol. The Balaban J connectivity index is 0.593. The van der Waals surface area contributed by atoms with E-state index in [1.54, 1.807) is 35.0 Å². The second-order valence-electron chi connectivity index (χ2n) is 26.8. The van der Waals surface area contributed by atoms with Gasteiger partial charge in [-0.05, 0) is 160 Å². The van der Waals surface area contributed by atoms with Crippen molar-refractivity contribution < 1.29 is 69.6 Å². The van der Waals surface area contributed by atoms with Crippen molar-refractivity contribution in [1.29, 1.82) is 0 Å². The minimum atomic E-state index is -5.14. The summed E-state index contributed by atoms with van der Waals surface area (Å²) in [7, 11) is 3.57. The number of para-hydroxylation sites is 1. The van der Waals surface area contributed by atoms with Crippen LogP contribution in [0.1, 0.15) is 114 Å². The highest BCUT2D eigenvalue weighted by molar-refractivity contribution is 6.42. The van der Waals surface area contributed by atoms with Crippen molar-refractivity contribution in [1.82, 2.24) is 29.8 Å². The van der Waals surface area contributed by atoms with E-state index in [-0.39, 0.29) is 79.4 Å². The van der Waals surface area contributed by atoms with E-state index in [0.29, 0.717) is 120 Å². The third kappa shape index (κ3) is 19.7. The number of nitrogens with zero attached hydrogens (tertiary/aromatic N) is 6. The Kier molecular flexibility index (Phi) is 25.9. The minimum Gasteiger partial charge on any atom is -0.465 e. The number of hydrogen-bond acceptors (Lipinski definition) is 11. The molecular formula is C76H88Cl2F6N8O9. The molecule has 0 unspecified atom stereocenters. The van der Waals surface area contributed by atoms with E-state index in [1.807, 2.05) is 98.0 Å². The number of anilines is 2. The second kappa shape index (κ2) is 34.5. The molecule has 3 fully saturated rings. The number of carboxylic acid groups (broad SMARTS) is 1. The van der Waals surface area contributed by atoms with Gasteiger partial charge < -0.3 is 49.1 Å².